The first-order valence-electron chi connectivity index (χ1n) is 7.31. The SMILES string of the molecule is CC(C)(CO)[C@H](N)c1cc2ccccc2c2ccccc12.Cl. The number of fused-ring (bicyclic) bond motifs is 3. The average molecular weight is 316 g/mol. The van der Waals surface area contributed by atoms with Crippen LogP contribution in [0.1, 0.15) is 25.5 Å². The normalized spacial score (nSPS) is 13.1. The molecule has 3 aromatic rings. The van der Waals surface area contributed by atoms with Crippen molar-refractivity contribution in [1.29, 1.82) is 0 Å². The van der Waals surface area contributed by atoms with E-state index in [0.717, 1.165) is 5.56 Å². The second-order valence-corrected chi connectivity index (χ2v) is 6.36. The maximum absolute atomic E-state index is 9.63. The Hall–Kier alpha value is -1.61. The monoisotopic (exact) mass is 315 g/mol. The van der Waals surface area contributed by atoms with E-state index in [2.05, 4.69) is 42.5 Å². The molecule has 3 heteroatoms. The van der Waals surface area contributed by atoms with Crippen molar-refractivity contribution in [2.75, 3.05) is 6.61 Å². The summed E-state index contributed by atoms with van der Waals surface area (Å²) >= 11 is 0. The van der Waals surface area contributed by atoms with Crippen LogP contribution in [0.25, 0.3) is 21.5 Å². The second-order valence-electron chi connectivity index (χ2n) is 6.36. The number of nitrogens with two attached hydrogens (primary N) is 1. The van der Waals surface area contributed by atoms with Crippen molar-refractivity contribution in [2.45, 2.75) is 19.9 Å². The summed E-state index contributed by atoms with van der Waals surface area (Å²) in [5, 5.41) is 14.5. The fourth-order valence-corrected chi connectivity index (χ4v) is 2.86. The lowest BCUT2D eigenvalue weighted by atomic mass is 9.79. The number of halogens is 1. The molecule has 0 saturated carbocycles. The number of hydrogen-bond acceptors (Lipinski definition) is 2. The molecule has 0 aliphatic heterocycles. The third-order valence-corrected chi connectivity index (χ3v) is 4.38. The molecule has 0 amide bonds. The highest BCUT2D eigenvalue weighted by Crippen LogP contribution is 2.37. The summed E-state index contributed by atoms with van der Waals surface area (Å²) in [6, 6.07) is 18.7. The van der Waals surface area contributed by atoms with Crippen LogP contribution < -0.4 is 5.73 Å². The van der Waals surface area contributed by atoms with E-state index in [1.807, 2.05) is 26.0 Å². The number of benzene rings is 3. The van der Waals surface area contributed by atoms with Crippen LogP contribution in [0.3, 0.4) is 0 Å². The van der Waals surface area contributed by atoms with E-state index in [0.29, 0.717) is 0 Å². The van der Waals surface area contributed by atoms with Crippen LogP contribution in [0, 0.1) is 5.41 Å². The lowest BCUT2D eigenvalue weighted by molar-refractivity contribution is 0.133. The van der Waals surface area contributed by atoms with Gasteiger partial charge in [0.05, 0.1) is 0 Å². The van der Waals surface area contributed by atoms with E-state index in [4.69, 9.17) is 5.73 Å². The van der Waals surface area contributed by atoms with Gasteiger partial charge in [0, 0.05) is 18.1 Å². The van der Waals surface area contributed by atoms with Gasteiger partial charge in [-0.05, 0) is 33.2 Å². The third kappa shape index (κ3) is 2.70. The summed E-state index contributed by atoms with van der Waals surface area (Å²) < 4.78 is 0. The fraction of sp³-hybridized carbons (Fsp3) is 0.263. The minimum atomic E-state index is -0.356. The van der Waals surface area contributed by atoms with Gasteiger partial charge in [0.2, 0.25) is 0 Å². The molecular weight excluding hydrogens is 294 g/mol. The van der Waals surface area contributed by atoms with Gasteiger partial charge >= 0.3 is 0 Å². The molecule has 3 rings (SSSR count). The highest BCUT2D eigenvalue weighted by atomic mass is 35.5. The Balaban J connectivity index is 0.00000176. The van der Waals surface area contributed by atoms with Gasteiger partial charge in [-0.1, -0.05) is 62.4 Å². The smallest absolute Gasteiger partial charge is 0.0500 e. The van der Waals surface area contributed by atoms with E-state index in [1.165, 1.54) is 21.5 Å². The Morgan fingerprint density at radius 1 is 0.955 bits per heavy atom. The van der Waals surface area contributed by atoms with E-state index in [9.17, 15) is 5.11 Å². The minimum Gasteiger partial charge on any atom is -0.396 e. The van der Waals surface area contributed by atoms with Crippen LogP contribution in [0.5, 0.6) is 0 Å². The fourth-order valence-electron chi connectivity index (χ4n) is 2.86. The Morgan fingerprint density at radius 3 is 2.14 bits per heavy atom. The first-order chi connectivity index (χ1) is 10.0. The molecule has 3 N–H and O–H groups in total. The second kappa shape index (κ2) is 6.25. The molecule has 3 aromatic carbocycles. The summed E-state index contributed by atoms with van der Waals surface area (Å²) in [5.74, 6) is 0. The van der Waals surface area contributed by atoms with Crippen molar-refractivity contribution in [1.82, 2.24) is 0 Å². The van der Waals surface area contributed by atoms with Crippen molar-refractivity contribution in [2.24, 2.45) is 11.1 Å². The molecule has 22 heavy (non-hydrogen) atoms. The predicted molar refractivity (Wildman–Crippen MR) is 96.5 cm³/mol. The van der Waals surface area contributed by atoms with Crippen molar-refractivity contribution < 1.29 is 5.11 Å². The molecule has 2 nitrogen and oxygen atoms in total. The Bertz CT molecular complexity index is 798. The third-order valence-electron chi connectivity index (χ3n) is 4.38. The zero-order valence-corrected chi connectivity index (χ0v) is 13.7. The maximum atomic E-state index is 9.63. The first kappa shape index (κ1) is 16.8. The van der Waals surface area contributed by atoms with E-state index < -0.39 is 0 Å². The average Bonchev–Trinajstić information content (AvgIpc) is 2.53. The van der Waals surface area contributed by atoms with E-state index >= 15 is 0 Å². The molecule has 0 aliphatic rings. The molecule has 0 saturated heterocycles. The minimum absolute atomic E-state index is 0. The van der Waals surface area contributed by atoms with Gasteiger partial charge in [-0.3, -0.25) is 0 Å². The molecule has 116 valence electrons. The van der Waals surface area contributed by atoms with Crippen LogP contribution in [0.2, 0.25) is 0 Å². The largest absolute Gasteiger partial charge is 0.396 e. The molecule has 0 bridgehead atoms. The van der Waals surface area contributed by atoms with Crippen LogP contribution >= 0.6 is 12.4 Å². The van der Waals surface area contributed by atoms with Crippen LogP contribution in [-0.4, -0.2) is 11.7 Å². The highest BCUT2D eigenvalue weighted by Gasteiger charge is 2.28. The number of aliphatic hydroxyl groups is 1. The molecular formula is C19H22ClNO. The van der Waals surface area contributed by atoms with Gasteiger partial charge in [0.15, 0.2) is 0 Å². The van der Waals surface area contributed by atoms with Gasteiger partial charge in [-0.25, -0.2) is 0 Å². The summed E-state index contributed by atoms with van der Waals surface area (Å²) in [4.78, 5) is 0. The van der Waals surface area contributed by atoms with Crippen molar-refractivity contribution in [3.63, 3.8) is 0 Å². The molecule has 0 fully saturated rings. The van der Waals surface area contributed by atoms with Gasteiger partial charge < -0.3 is 10.8 Å². The number of hydrogen-bond donors (Lipinski definition) is 2. The number of aliphatic hydroxyl groups excluding tert-OH is 1. The lowest BCUT2D eigenvalue weighted by Crippen LogP contribution is -2.32. The first-order valence-corrected chi connectivity index (χ1v) is 7.31. The number of rotatable bonds is 3. The van der Waals surface area contributed by atoms with Crippen LogP contribution in [0.4, 0.5) is 0 Å². The Kier molecular flexibility index (Phi) is 4.76. The quantitative estimate of drug-likeness (QED) is 0.702. The zero-order chi connectivity index (χ0) is 15.0. The van der Waals surface area contributed by atoms with E-state index in [-0.39, 0.29) is 30.5 Å². The molecule has 0 aliphatic carbocycles. The molecule has 0 radical (unpaired) electrons. The van der Waals surface area contributed by atoms with Gasteiger partial charge in [0.1, 0.15) is 0 Å². The van der Waals surface area contributed by atoms with E-state index in [1.54, 1.807) is 0 Å². The van der Waals surface area contributed by atoms with Gasteiger partial charge in [-0.2, -0.15) is 0 Å². The molecule has 0 aromatic heterocycles. The maximum Gasteiger partial charge on any atom is 0.0500 e. The van der Waals surface area contributed by atoms with Crippen molar-refractivity contribution >= 4 is 34.0 Å². The lowest BCUT2D eigenvalue weighted by Gasteiger charge is -2.31. The summed E-state index contributed by atoms with van der Waals surface area (Å²) in [6.45, 7) is 4.07. The Labute approximate surface area is 137 Å². The Morgan fingerprint density at radius 2 is 1.50 bits per heavy atom. The predicted octanol–water partition coefficient (Wildman–Crippen LogP) is 4.43. The molecule has 0 heterocycles. The summed E-state index contributed by atoms with van der Waals surface area (Å²) in [7, 11) is 0. The molecule has 0 spiro atoms. The summed E-state index contributed by atoms with van der Waals surface area (Å²) in [5.41, 5.74) is 7.22. The van der Waals surface area contributed by atoms with Gasteiger partial charge in [0.25, 0.3) is 0 Å². The van der Waals surface area contributed by atoms with Gasteiger partial charge in [-0.15, -0.1) is 12.4 Å². The van der Waals surface area contributed by atoms with Crippen LogP contribution in [-0.2, 0) is 0 Å². The zero-order valence-electron chi connectivity index (χ0n) is 12.9. The molecule has 0 unspecified atom stereocenters. The summed E-state index contributed by atoms with van der Waals surface area (Å²) in [6.07, 6.45) is 0. The van der Waals surface area contributed by atoms with Crippen molar-refractivity contribution in [3.8, 4) is 0 Å². The van der Waals surface area contributed by atoms with Crippen molar-refractivity contribution in [3.05, 3.63) is 60.2 Å². The topological polar surface area (TPSA) is 46.2 Å². The standard InChI is InChI=1S/C19H21NO.ClH/c1-19(2,12-21)18(20)17-11-13-7-3-4-8-14(13)15-9-5-6-10-16(15)17;/h3-11,18,21H,12,20H2,1-2H3;1H/t18-;/m1./s1. The van der Waals surface area contributed by atoms with Crippen LogP contribution in [0.15, 0.2) is 54.6 Å². The molecule has 1 atom stereocenters. The highest BCUT2D eigenvalue weighted by molar-refractivity contribution is 6.09.